The number of sulfonamides is 1. The van der Waals surface area contributed by atoms with Crippen LogP contribution >= 0.6 is 31.9 Å². The summed E-state index contributed by atoms with van der Waals surface area (Å²) < 4.78 is 28.4. The Kier molecular flexibility index (Phi) is 4.85. The van der Waals surface area contributed by atoms with Gasteiger partial charge in [-0.3, -0.25) is 0 Å². The van der Waals surface area contributed by atoms with Gasteiger partial charge < -0.3 is 5.73 Å². The molecule has 0 aliphatic carbocycles. The molecule has 2 aromatic carbocycles. The summed E-state index contributed by atoms with van der Waals surface area (Å²) in [6.07, 6.45) is 0. The van der Waals surface area contributed by atoms with E-state index < -0.39 is 10.0 Å². The molecule has 106 valence electrons. The number of hydrogen-bond donors (Lipinski definition) is 2. The lowest BCUT2D eigenvalue weighted by Gasteiger charge is -2.09. The predicted molar refractivity (Wildman–Crippen MR) is 86.7 cm³/mol. The quantitative estimate of drug-likeness (QED) is 0.747. The van der Waals surface area contributed by atoms with Crippen molar-refractivity contribution in [3.8, 4) is 0 Å². The molecule has 2 rings (SSSR count). The van der Waals surface area contributed by atoms with E-state index in [1.807, 2.05) is 24.3 Å². The second kappa shape index (κ2) is 6.26. The third kappa shape index (κ3) is 3.82. The maximum Gasteiger partial charge on any atom is 0.242 e. The van der Waals surface area contributed by atoms with Gasteiger partial charge in [-0.15, -0.1) is 0 Å². The Morgan fingerprint density at radius 3 is 2.55 bits per heavy atom. The number of nitrogen functional groups attached to an aromatic ring is 1. The van der Waals surface area contributed by atoms with E-state index >= 15 is 0 Å². The number of benzene rings is 2. The first-order chi connectivity index (χ1) is 9.38. The summed E-state index contributed by atoms with van der Waals surface area (Å²) in [5.41, 5.74) is 6.90. The highest BCUT2D eigenvalue weighted by molar-refractivity contribution is 9.10. The van der Waals surface area contributed by atoms with Crippen LogP contribution in [0, 0.1) is 0 Å². The summed E-state index contributed by atoms with van der Waals surface area (Å²) >= 11 is 6.57. The molecule has 0 spiro atoms. The molecule has 0 aliphatic heterocycles. The van der Waals surface area contributed by atoms with Gasteiger partial charge in [-0.1, -0.05) is 28.1 Å². The first kappa shape index (κ1) is 15.5. The maximum atomic E-state index is 12.3. The Bertz CT molecular complexity index is 733. The smallest absolute Gasteiger partial charge is 0.242 e. The van der Waals surface area contributed by atoms with Crippen LogP contribution in [0.3, 0.4) is 0 Å². The molecule has 0 aromatic heterocycles. The van der Waals surface area contributed by atoms with Gasteiger partial charge in [-0.05, 0) is 51.8 Å². The van der Waals surface area contributed by atoms with Crippen molar-refractivity contribution >= 4 is 47.6 Å². The SMILES string of the molecule is Nc1ccc(Br)c(S(=O)(=O)NCc2cccc(Br)c2)c1. The number of halogens is 2. The largest absolute Gasteiger partial charge is 0.399 e. The normalized spacial score (nSPS) is 11.5. The minimum atomic E-state index is -3.62. The number of nitrogens with one attached hydrogen (secondary N) is 1. The highest BCUT2D eigenvalue weighted by Crippen LogP contribution is 2.24. The lowest BCUT2D eigenvalue weighted by Crippen LogP contribution is -2.23. The summed E-state index contributed by atoms with van der Waals surface area (Å²) in [5.74, 6) is 0. The van der Waals surface area contributed by atoms with E-state index in [-0.39, 0.29) is 11.4 Å². The second-order valence-electron chi connectivity index (χ2n) is 4.14. The van der Waals surface area contributed by atoms with E-state index in [0.29, 0.717) is 10.2 Å². The average molecular weight is 420 g/mol. The van der Waals surface area contributed by atoms with E-state index in [1.165, 1.54) is 6.07 Å². The van der Waals surface area contributed by atoms with Crippen molar-refractivity contribution in [2.45, 2.75) is 11.4 Å². The van der Waals surface area contributed by atoms with Gasteiger partial charge in [0.25, 0.3) is 0 Å². The van der Waals surface area contributed by atoms with Gasteiger partial charge >= 0.3 is 0 Å². The second-order valence-corrected chi connectivity index (χ2v) is 7.65. The Balaban J connectivity index is 2.21. The molecule has 0 amide bonds. The molecular formula is C13H12Br2N2O2S. The fourth-order valence-corrected chi connectivity index (χ4v) is 4.09. The van der Waals surface area contributed by atoms with Crippen LogP contribution in [0.2, 0.25) is 0 Å². The summed E-state index contributed by atoms with van der Waals surface area (Å²) in [6.45, 7) is 0.211. The molecule has 0 bridgehead atoms. The van der Waals surface area contributed by atoms with E-state index in [1.54, 1.807) is 12.1 Å². The van der Waals surface area contributed by atoms with Crippen LogP contribution in [0.5, 0.6) is 0 Å². The predicted octanol–water partition coefficient (Wildman–Crippen LogP) is 3.27. The standard InChI is InChI=1S/C13H12Br2N2O2S/c14-10-3-1-2-9(6-10)8-17-20(18,19)13-7-11(16)4-5-12(13)15/h1-7,17H,8,16H2. The summed E-state index contributed by atoms with van der Waals surface area (Å²) in [5, 5.41) is 0. The first-order valence-electron chi connectivity index (χ1n) is 5.67. The van der Waals surface area contributed by atoms with Crippen LogP contribution in [0.1, 0.15) is 5.56 Å². The Labute approximate surface area is 134 Å². The first-order valence-corrected chi connectivity index (χ1v) is 8.74. The molecule has 2 aromatic rings. The zero-order valence-corrected chi connectivity index (χ0v) is 14.3. The van der Waals surface area contributed by atoms with E-state index in [0.717, 1.165) is 10.0 Å². The minimum Gasteiger partial charge on any atom is -0.399 e. The zero-order valence-electron chi connectivity index (χ0n) is 10.3. The highest BCUT2D eigenvalue weighted by atomic mass is 79.9. The van der Waals surface area contributed by atoms with Gasteiger partial charge in [0.1, 0.15) is 0 Å². The topological polar surface area (TPSA) is 72.2 Å². The third-order valence-electron chi connectivity index (χ3n) is 2.60. The molecule has 0 radical (unpaired) electrons. The van der Waals surface area contributed by atoms with Crippen LogP contribution in [-0.2, 0) is 16.6 Å². The Morgan fingerprint density at radius 2 is 1.85 bits per heavy atom. The van der Waals surface area contributed by atoms with Crippen molar-refractivity contribution in [2.24, 2.45) is 0 Å². The van der Waals surface area contributed by atoms with Crippen LogP contribution in [0.4, 0.5) is 5.69 Å². The summed E-state index contributed by atoms with van der Waals surface area (Å²) in [7, 11) is -3.62. The zero-order chi connectivity index (χ0) is 14.8. The fourth-order valence-electron chi connectivity index (χ4n) is 1.63. The Hall–Kier alpha value is -0.890. The molecule has 7 heteroatoms. The van der Waals surface area contributed by atoms with Crippen molar-refractivity contribution in [1.82, 2.24) is 4.72 Å². The lowest BCUT2D eigenvalue weighted by atomic mass is 10.2. The maximum absolute atomic E-state index is 12.3. The van der Waals surface area contributed by atoms with Gasteiger partial charge in [0.05, 0.1) is 4.90 Å². The Morgan fingerprint density at radius 1 is 1.10 bits per heavy atom. The molecule has 0 heterocycles. The number of anilines is 1. The van der Waals surface area contributed by atoms with Gasteiger partial charge in [-0.2, -0.15) is 0 Å². The number of nitrogens with two attached hydrogens (primary N) is 1. The van der Waals surface area contributed by atoms with E-state index in [9.17, 15) is 8.42 Å². The average Bonchev–Trinajstić information content (AvgIpc) is 2.39. The van der Waals surface area contributed by atoms with Crippen LogP contribution < -0.4 is 10.5 Å². The fraction of sp³-hybridized carbons (Fsp3) is 0.0769. The molecule has 0 atom stereocenters. The van der Waals surface area contributed by atoms with Crippen molar-refractivity contribution in [3.05, 3.63) is 57.0 Å². The van der Waals surface area contributed by atoms with Crippen molar-refractivity contribution in [3.63, 3.8) is 0 Å². The highest BCUT2D eigenvalue weighted by Gasteiger charge is 2.17. The van der Waals surface area contributed by atoms with E-state index in [4.69, 9.17) is 5.73 Å². The van der Waals surface area contributed by atoms with Gasteiger partial charge in [0.2, 0.25) is 10.0 Å². The molecule has 3 N–H and O–H groups in total. The van der Waals surface area contributed by atoms with Crippen molar-refractivity contribution < 1.29 is 8.42 Å². The molecule has 0 saturated carbocycles. The lowest BCUT2D eigenvalue weighted by molar-refractivity contribution is 0.581. The number of rotatable bonds is 4. The molecule has 0 unspecified atom stereocenters. The minimum absolute atomic E-state index is 0.132. The van der Waals surface area contributed by atoms with Crippen molar-refractivity contribution in [2.75, 3.05) is 5.73 Å². The third-order valence-corrected chi connectivity index (χ3v) is 5.49. The number of hydrogen-bond acceptors (Lipinski definition) is 3. The molecule has 4 nitrogen and oxygen atoms in total. The van der Waals surface area contributed by atoms with E-state index in [2.05, 4.69) is 36.6 Å². The van der Waals surface area contributed by atoms with Crippen LogP contribution in [-0.4, -0.2) is 8.42 Å². The molecule has 0 saturated heterocycles. The molecule has 0 aliphatic rings. The van der Waals surface area contributed by atoms with Gasteiger partial charge in [0, 0.05) is 21.2 Å². The summed E-state index contributed by atoms with van der Waals surface area (Å²) in [6, 6.07) is 12.1. The van der Waals surface area contributed by atoms with Crippen molar-refractivity contribution in [1.29, 1.82) is 0 Å². The molecule has 20 heavy (non-hydrogen) atoms. The van der Waals surface area contributed by atoms with Crippen LogP contribution in [0.25, 0.3) is 0 Å². The molecule has 0 fully saturated rings. The van der Waals surface area contributed by atoms with Gasteiger partial charge in [-0.25, -0.2) is 13.1 Å². The summed E-state index contributed by atoms with van der Waals surface area (Å²) in [4.78, 5) is 0.132. The van der Waals surface area contributed by atoms with Gasteiger partial charge in [0.15, 0.2) is 0 Å². The monoisotopic (exact) mass is 418 g/mol. The molecular weight excluding hydrogens is 408 g/mol. The van der Waals surface area contributed by atoms with Crippen LogP contribution in [0.15, 0.2) is 56.3 Å².